The predicted molar refractivity (Wildman–Crippen MR) is 87.2 cm³/mol. The van der Waals surface area contributed by atoms with Gasteiger partial charge in [-0.3, -0.25) is 20.4 Å². The number of rotatable bonds is 5. The Hall–Kier alpha value is -2.93. The molecule has 3 N–H and O–H groups in total. The van der Waals surface area contributed by atoms with Gasteiger partial charge in [0.1, 0.15) is 5.75 Å². The average Bonchev–Trinajstić information content (AvgIpc) is 2.60. The van der Waals surface area contributed by atoms with Gasteiger partial charge in [-0.15, -0.1) is 0 Å². The van der Waals surface area contributed by atoms with Crippen molar-refractivity contribution in [2.75, 3.05) is 13.7 Å². The third-order valence-electron chi connectivity index (χ3n) is 2.95. The molecule has 0 spiro atoms. The topological polar surface area (TPSA) is 96.9 Å². The maximum absolute atomic E-state index is 11.9. The number of para-hydroxylation sites is 2. The largest absolute Gasteiger partial charge is 0.507 e. The molecule has 126 valence electrons. The molecule has 0 aliphatic heterocycles. The summed E-state index contributed by atoms with van der Waals surface area (Å²) in [4.78, 5) is 23.6. The lowest BCUT2D eigenvalue weighted by molar-refractivity contribution is -0.123. The fourth-order valence-electron chi connectivity index (χ4n) is 1.80. The first-order chi connectivity index (χ1) is 11.5. The number of hydrogen-bond donors (Lipinski definition) is 3. The minimum Gasteiger partial charge on any atom is -0.507 e. The van der Waals surface area contributed by atoms with Crippen molar-refractivity contribution in [2.45, 2.75) is 0 Å². The molecule has 0 aliphatic carbocycles. The molecule has 2 rings (SSSR count). The van der Waals surface area contributed by atoms with Crippen LogP contribution in [0.4, 0.5) is 0 Å². The highest BCUT2D eigenvalue weighted by molar-refractivity contribution is 6.31. The average molecular weight is 351 g/mol. The first-order valence-electron chi connectivity index (χ1n) is 6.84. The van der Waals surface area contributed by atoms with Crippen LogP contribution in [0.5, 0.6) is 17.2 Å². The molecule has 8 heteroatoms. The zero-order valence-corrected chi connectivity index (χ0v) is 13.5. The van der Waals surface area contributed by atoms with Crippen LogP contribution < -0.4 is 20.3 Å². The van der Waals surface area contributed by atoms with Crippen molar-refractivity contribution in [1.29, 1.82) is 0 Å². The Morgan fingerprint density at radius 3 is 2.54 bits per heavy atom. The van der Waals surface area contributed by atoms with Gasteiger partial charge in [0.15, 0.2) is 18.1 Å². The quantitative estimate of drug-likeness (QED) is 0.715. The van der Waals surface area contributed by atoms with Crippen molar-refractivity contribution in [3.63, 3.8) is 0 Å². The first-order valence-corrected chi connectivity index (χ1v) is 7.22. The van der Waals surface area contributed by atoms with E-state index in [0.29, 0.717) is 11.5 Å². The molecule has 0 saturated carbocycles. The van der Waals surface area contributed by atoms with Crippen LogP contribution in [0.25, 0.3) is 0 Å². The Kier molecular flexibility index (Phi) is 5.86. The van der Waals surface area contributed by atoms with Crippen molar-refractivity contribution in [3.05, 3.63) is 53.1 Å². The van der Waals surface area contributed by atoms with E-state index in [0.717, 1.165) is 0 Å². The molecule has 0 heterocycles. The number of methoxy groups -OCH3 is 1. The number of ether oxygens (including phenoxy) is 2. The lowest BCUT2D eigenvalue weighted by Gasteiger charge is -2.11. The van der Waals surface area contributed by atoms with E-state index < -0.39 is 11.8 Å². The zero-order valence-electron chi connectivity index (χ0n) is 12.7. The Balaban J connectivity index is 1.87. The number of carbonyl (C=O) groups excluding carboxylic acids is 2. The van der Waals surface area contributed by atoms with Gasteiger partial charge in [0, 0.05) is 5.02 Å². The number of phenols is 1. The van der Waals surface area contributed by atoms with Gasteiger partial charge in [0.05, 0.1) is 12.7 Å². The van der Waals surface area contributed by atoms with E-state index in [9.17, 15) is 14.7 Å². The van der Waals surface area contributed by atoms with Crippen LogP contribution >= 0.6 is 11.6 Å². The van der Waals surface area contributed by atoms with E-state index in [4.69, 9.17) is 21.1 Å². The van der Waals surface area contributed by atoms with E-state index in [-0.39, 0.29) is 22.9 Å². The number of hydrogen-bond acceptors (Lipinski definition) is 5. The summed E-state index contributed by atoms with van der Waals surface area (Å²) < 4.78 is 10.4. The second-order valence-corrected chi connectivity index (χ2v) is 5.04. The zero-order chi connectivity index (χ0) is 17.5. The minimum atomic E-state index is -0.708. The molecule has 0 bridgehead atoms. The molecule has 2 amide bonds. The SMILES string of the molecule is COc1ccccc1OCC(=O)NNC(=O)c1cc(Cl)ccc1O. The molecule has 0 fully saturated rings. The van der Waals surface area contributed by atoms with Crippen LogP contribution in [-0.4, -0.2) is 30.6 Å². The van der Waals surface area contributed by atoms with E-state index in [2.05, 4.69) is 10.9 Å². The molecule has 0 aliphatic rings. The molecule has 0 radical (unpaired) electrons. The standard InChI is InChI=1S/C16H15ClN2O5/c1-23-13-4-2-3-5-14(13)24-9-15(21)18-19-16(22)11-8-10(17)6-7-12(11)20/h2-8,20H,9H2,1H3,(H,18,21)(H,19,22). The Labute approximate surface area is 143 Å². The molecule has 0 atom stereocenters. The summed E-state index contributed by atoms with van der Waals surface area (Å²) in [6.45, 7) is -0.331. The lowest BCUT2D eigenvalue weighted by atomic mass is 10.2. The van der Waals surface area contributed by atoms with Crippen LogP contribution in [0, 0.1) is 0 Å². The van der Waals surface area contributed by atoms with E-state index >= 15 is 0 Å². The third-order valence-corrected chi connectivity index (χ3v) is 3.18. The first kappa shape index (κ1) is 17.4. The van der Waals surface area contributed by atoms with Gasteiger partial charge in [0.2, 0.25) is 0 Å². The van der Waals surface area contributed by atoms with Crippen LogP contribution in [0.2, 0.25) is 5.02 Å². The molecular formula is C16H15ClN2O5. The summed E-state index contributed by atoms with van der Waals surface area (Å²) in [5, 5.41) is 9.89. The summed E-state index contributed by atoms with van der Waals surface area (Å²) in [5.74, 6) is -0.667. The number of carbonyl (C=O) groups is 2. The van der Waals surface area contributed by atoms with Gasteiger partial charge >= 0.3 is 0 Å². The fourth-order valence-corrected chi connectivity index (χ4v) is 1.97. The summed E-state index contributed by atoms with van der Waals surface area (Å²) in [5.41, 5.74) is 4.28. The number of aromatic hydroxyl groups is 1. The summed E-state index contributed by atoms with van der Waals surface area (Å²) in [6, 6.07) is 10.8. The van der Waals surface area contributed by atoms with Gasteiger partial charge in [-0.1, -0.05) is 23.7 Å². The number of amides is 2. The maximum Gasteiger partial charge on any atom is 0.276 e. The highest BCUT2D eigenvalue weighted by Crippen LogP contribution is 2.25. The number of benzene rings is 2. The molecule has 7 nitrogen and oxygen atoms in total. The Bertz CT molecular complexity index is 751. The molecule has 0 unspecified atom stereocenters. The van der Waals surface area contributed by atoms with Crippen molar-refractivity contribution in [2.24, 2.45) is 0 Å². The van der Waals surface area contributed by atoms with E-state index in [1.165, 1.54) is 25.3 Å². The summed E-state index contributed by atoms with van der Waals surface area (Å²) >= 11 is 5.76. The molecular weight excluding hydrogens is 336 g/mol. The summed E-state index contributed by atoms with van der Waals surface area (Å²) in [6.07, 6.45) is 0. The normalized spacial score (nSPS) is 9.92. The lowest BCUT2D eigenvalue weighted by Crippen LogP contribution is -2.43. The number of phenolic OH excluding ortho intramolecular Hbond substituents is 1. The summed E-state index contributed by atoms with van der Waals surface area (Å²) in [7, 11) is 1.49. The number of nitrogens with one attached hydrogen (secondary N) is 2. The van der Waals surface area contributed by atoms with Gasteiger partial charge in [-0.2, -0.15) is 0 Å². The van der Waals surface area contributed by atoms with Gasteiger partial charge in [-0.05, 0) is 30.3 Å². The van der Waals surface area contributed by atoms with Crippen molar-refractivity contribution < 1.29 is 24.2 Å². The third kappa shape index (κ3) is 4.53. The molecule has 2 aromatic carbocycles. The Morgan fingerprint density at radius 1 is 1.12 bits per heavy atom. The van der Waals surface area contributed by atoms with E-state index in [1.807, 2.05) is 0 Å². The van der Waals surface area contributed by atoms with Crippen LogP contribution in [-0.2, 0) is 4.79 Å². The van der Waals surface area contributed by atoms with Crippen LogP contribution in [0.1, 0.15) is 10.4 Å². The van der Waals surface area contributed by atoms with Crippen LogP contribution in [0.3, 0.4) is 0 Å². The fraction of sp³-hybridized carbons (Fsp3) is 0.125. The number of hydrazine groups is 1. The van der Waals surface area contributed by atoms with Crippen LogP contribution in [0.15, 0.2) is 42.5 Å². The van der Waals surface area contributed by atoms with Crippen molar-refractivity contribution in [3.8, 4) is 17.2 Å². The van der Waals surface area contributed by atoms with Gasteiger partial charge in [0.25, 0.3) is 11.8 Å². The van der Waals surface area contributed by atoms with Crippen molar-refractivity contribution in [1.82, 2.24) is 10.9 Å². The Morgan fingerprint density at radius 2 is 1.83 bits per heavy atom. The smallest absolute Gasteiger partial charge is 0.276 e. The minimum absolute atomic E-state index is 0.0616. The van der Waals surface area contributed by atoms with Crippen molar-refractivity contribution >= 4 is 23.4 Å². The molecule has 0 saturated heterocycles. The molecule has 24 heavy (non-hydrogen) atoms. The second kappa shape index (κ2) is 8.07. The van der Waals surface area contributed by atoms with Gasteiger partial charge < -0.3 is 14.6 Å². The van der Waals surface area contributed by atoms with Gasteiger partial charge in [-0.25, -0.2) is 0 Å². The maximum atomic E-state index is 11.9. The molecule has 0 aromatic heterocycles. The second-order valence-electron chi connectivity index (χ2n) is 4.60. The molecule has 2 aromatic rings. The monoisotopic (exact) mass is 350 g/mol. The van der Waals surface area contributed by atoms with E-state index in [1.54, 1.807) is 24.3 Å². The number of halogens is 1. The predicted octanol–water partition coefficient (Wildman–Crippen LogP) is 1.89. The highest BCUT2D eigenvalue weighted by atomic mass is 35.5. The highest BCUT2D eigenvalue weighted by Gasteiger charge is 2.13.